The van der Waals surface area contributed by atoms with E-state index in [1.54, 1.807) is 0 Å². The van der Waals surface area contributed by atoms with Crippen LogP contribution in [0.15, 0.2) is 12.2 Å². The topological polar surface area (TPSA) is 69.6 Å². The van der Waals surface area contributed by atoms with E-state index in [4.69, 9.17) is 5.11 Å². The van der Waals surface area contributed by atoms with Crippen LogP contribution < -0.4 is 5.32 Å². The molecule has 2 unspecified atom stereocenters. The molecule has 4 nitrogen and oxygen atoms in total. The molecule has 0 spiro atoms. The Labute approximate surface area is 184 Å². The van der Waals surface area contributed by atoms with Crippen LogP contribution >= 0.6 is 0 Å². The van der Waals surface area contributed by atoms with E-state index in [1.165, 1.54) is 44.9 Å². The Morgan fingerprint density at radius 3 is 2.53 bits per heavy atom. The van der Waals surface area contributed by atoms with Gasteiger partial charge in [0, 0.05) is 19.0 Å². The lowest BCUT2D eigenvalue weighted by Gasteiger charge is -2.63. The minimum Gasteiger partial charge on any atom is -0.481 e. The van der Waals surface area contributed by atoms with Crippen LogP contribution in [0.1, 0.15) is 104 Å². The third-order valence-corrected chi connectivity index (χ3v) is 7.96. The zero-order valence-electron chi connectivity index (χ0n) is 19.7. The van der Waals surface area contributed by atoms with Crippen molar-refractivity contribution in [3.8, 4) is 0 Å². The number of carboxylic acids is 1. The van der Waals surface area contributed by atoms with Gasteiger partial charge in [0.05, 0.1) is 6.10 Å². The molecule has 3 rings (SSSR count). The second kappa shape index (κ2) is 12.9. The van der Waals surface area contributed by atoms with Gasteiger partial charge in [-0.15, -0.1) is 0 Å². The summed E-state index contributed by atoms with van der Waals surface area (Å²) in [5, 5.41) is 22.9. The van der Waals surface area contributed by atoms with Crippen LogP contribution in [-0.2, 0) is 4.79 Å². The van der Waals surface area contributed by atoms with Gasteiger partial charge in [-0.3, -0.25) is 4.79 Å². The van der Waals surface area contributed by atoms with Crippen molar-refractivity contribution in [1.29, 1.82) is 0 Å². The Morgan fingerprint density at radius 1 is 1.10 bits per heavy atom. The number of carboxylic acid groups (broad SMARTS) is 1. The summed E-state index contributed by atoms with van der Waals surface area (Å²) in [5.74, 6) is 1.49. The van der Waals surface area contributed by atoms with Crippen molar-refractivity contribution >= 4 is 5.97 Å². The first-order valence-corrected chi connectivity index (χ1v) is 12.6. The molecule has 3 fully saturated rings. The van der Waals surface area contributed by atoms with Crippen LogP contribution in [0.2, 0.25) is 0 Å². The van der Waals surface area contributed by atoms with Gasteiger partial charge in [0.1, 0.15) is 0 Å². The minimum absolute atomic E-state index is 0.227. The Hall–Kier alpha value is -0.870. The molecule has 174 valence electrons. The highest BCUT2D eigenvalue weighted by Gasteiger charge is 2.56. The number of aliphatic carboxylic acids is 1. The van der Waals surface area contributed by atoms with Crippen molar-refractivity contribution in [3.63, 3.8) is 0 Å². The Balaban J connectivity index is 1.73. The fraction of sp³-hybridized carbons (Fsp3) is 0.885. The van der Waals surface area contributed by atoms with Gasteiger partial charge in [0.25, 0.3) is 0 Å². The summed E-state index contributed by atoms with van der Waals surface area (Å²) in [7, 11) is 0. The standard InChI is InChI=1S/C26H47NO3/c1-4-5-6-7-8-11-14-21(28)19-27-24-18-20-17-23(26(20,2)3)22(24)15-12-9-10-13-16-25(29)30/h9,12,20-24,27-28H,4-8,10-11,13-19H2,1-3H3,(H,29,30)/t20-,21+,22?,23+,24?/m1/s1. The van der Waals surface area contributed by atoms with Crippen LogP contribution in [0.25, 0.3) is 0 Å². The average Bonchev–Trinajstić information content (AvgIpc) is 2.71. The lowest BCUT2D eigenvalue weighted by Crippen LogP contribution is -2.61. The van der Waals surface area contributed by atoms with Crippen molar-refractivity contribution in [2.75, 3.05) is 6.54 Å². The van der Waals surface area contributed by atoms with Crippen LogP contribution in [0, 0.1) is 23.2 Å². The molecule has 0 heterocycles. The molecule has 4 heteroatoms. The molecule has 3 aliphatic carbocycles. The molecule has 3 saturated carbocycles. The average molecular weight is 422 g/mol. The van der Waals surface area contributed by atoms with Crippen LogP contribution in [0.4, 0.5) is 0 Å². The fourth-order valence-corrected chi connectivity index (χ4v) is 5.80. The maximum absolute atomic E-state index is 10.6. The number of fused-ring (bicyclic) bond motifs is 2. The van der Waals surface area contributed by atoms with Gasteiger partial charge >= 0.3 is 5.97 Å². The van der Waals surface area contributed by atoms with Crippen molar-refractivity contribution in [2.24, 2.45) is 23.2 Å². The first-order valence-electron chi connectivity index (χ1n) is 12.6. The van der Waals surface area contributed by atoms with E-state index in [2.05, 4.69) is 38.2 Å². The summed E-state index contributed by atoms with van der Waals surface area (Å²) < 4.78 is 0. The van der Waals surface area contributed by atoms with E-state index in [1.807, 2.05) is 0 Å². The van der Waals surface area contributed by atoms with Crippen LogP contribution in [-0.4, -0.2) is 34.9 Å². The Morgan fingerprint density at radius 2 is 1.83 bits per heavy atom. The van der Waals surface area contributed by atoms with E-state index < -0.39 is 5.97 Å². The largest absolute Gasteiger partial charge is 0.481 e. The molecule has 2 bridgehead atoms. The van der Waals surface area contributed by atoms with Gasteiger partial charge in [-0.05, 0) is 61.7 Å². The number of nitrogens with one attached hydrogen (secondary N) is 1. The van der Waals surface area contributed by atoms with Gasteiger partial charge in [0.2, 0.25) is 0 Å². The van der Waals surface area contributed by atoms with Crippen molar-refractivity contribution < 1.29 is 15.0 Å². The van der Waals surface area contributed by atoms with Gasteiger partial charge in [-0.1, -0.05) is 71.4 Å². The predicted molar refractivity (Wildman–Crippen MR) is 125 cm³/mol. The van der Waals surface area contributed by atoms with E-state index >= 15 is 0 Å². The Kier molecular flexibility index (Phi) is 10.9. The summed E-state index contributed by atoms with van der Waals surface area (Å²) >= 11 is 0. The molecule has 3 aliphatic rings. The molecule has 0 saturated heterocycles. The van der Waals surface area contributed by atoms with Gasteiger partial charge < -0.3 is 15.5 Å². The van der Waals surface area contributed by atoms with Crippen LogP contribution in [0.3, 0.4) is 0 Å². The number of rotatable bonds is 16. The molecule has 3 N–H and O–H groups in total. The van der Waals surface area contributed by atoms with E-state index in [0.29, 0.717) is 17.4 Å². The lowest BCUT2D eigenvalue weighted by molar-refractivity contribution is -0.137. The number of hydrogen-bond acceptors (Lipinski definition) is 3. The highest BCUT2D eigenvalue weighted by atomic mass is 16.4. The molecule has 0 aromatic heterocycles. The molecule has 0 amide bonds. The van der Waals surface area contributed by atoms with Crippen LogP contribution in [0.5, 0.6) is 0 Å². The van der Waals surface area contributed by atoms with Gasteiger partial charge in [0.15, 0.2) is 0 Å². The van der Waals surface area contributed by atoms with Crippen molar-refractivity contribution in [1.82, 2.24) is 5.32 Å². The highest BCUT2D eigenvalue weighted by molar-refractivity contribution is 5.66. The molecular formula is C26H47NO3. The second-order valence-corrected chi connectivity index (χ2v) is 10.5. The van der Waals surface area contributed by atoms with E-state index in [9.17, 15) is 9.90 Å². The summed E-state index contributed by atoms with van der Waals surface area (Å²) in [6.07, 6.45) is 18.2. The van der Waals surface area contributed by atoms with Crippen molar-refractivity contribution in [3.05, 3.63) is 12.2 Å². The van der Waals surface area contributed by atoms with E-state index in [0.717, 1.165) is 50.5 Å². The Bertz CT molecular complexity index is 530. The molecule has 0 aliphatic heterocycles. The zero-order valence-corrected chi connectivity index (χ0v) is 19.7. The highest BCUT2D eigenvalue weighted by Crippen LogP contribution is 2.62. The normalized spacial score (nSPS) is 28.4. The maximum atomic E-state index is 10.6. The maximum Gasteiger partial charge on any atom is 0.303 e. The predicted octanol–water partition coefficient (Wildman–Crippen LogP) is 5.94. The zero-order chi connectivity index (χ0) is 22.0. The first kappa shape index (κ1) is 25.4. The number of aliphatic hydroxyl groups is 1. The smallest absolute Gasteiger partial charge is 0.303 e. The molecule has 30 heavy (non-hydrogen) atoms. The molecule has 0 aromatic rings. The molecule has 0 aromatic carbocycles. The summed E-state index contributed by atoms with van der Waals surface area (Å²) in [4.78, 5) is 10.6. The van der Waals surface area contributed by atoms with Crippen molar-refractivity contribution in [2.45, 2.75) is 116 Å². The monoisotopic (exact) mass is 421 g/mol. The quantitative estimate of drug-likeness (QED) is 0.213. The SMILES string of the molecule is CCCCCCCC[C@H](O)CNC1C[C@H]2C[C@@H](C1CC=CCCCC(=O)O)C2(C)C. The molecule has 0 radical (unpaired) electrons. The molecular weight excluding hydrogens is 374 g/mol. The lowest BCUT2D eigenvalue weighted by atomic mass is 9.44. The number of unbranched alkanes of at least 4 members (excludes halogenated alkanes) is 6. The first-order chi connectivity index (χ1) is 14.4. The van der Waals surface area contributed by atoms with Gasteiger partial charge in [-0.25, -0.2) is 0 Å². The second-order valence-electron chi connectivity index (χ2n) is 10.5. The third-order valence-electron chi connectivity index (χ3n) is 7.96. The summed E-state index contributed by atoms with van der Waals surface area (Å²) in [5.41, 5.74) is 0.442. The minimum atomic E-state index is -0.707. The summed E-state index contributed by atoms with van der Waals surface area (Å²) in [6.45, 7) is 7.82. The number of carbonyl (C=O) groups is 1. The third kappa shape index (κ3) is 7.67. The number of hydrogen-bond donors (Lipinski definition) is 3. The van der Waals surface area contributed by atoms with Gasteiger partial charge in [-0.2, -0.15) is 0 Å². The fourth-order valence-electron chi connectivity index (χ4n) is 5.80. The summed E-state index contributed by atoms with van der Waals surface area (Å²) in [6, 6.07) is 0.504. The van der Waals surface area contributed by atoms with E-state index in [-0.39, 0.29) is 12.5 Å². The molecule has 5 atom stereocenters. The number of aliphatic hydroxyl groups excluding tert-OH is 1. The number of allylic oxidation sites excluding steroid dienone is 2.